The molecule has 118 valence electrons. The molecule has 1 N–H and O–H groups in total. The molecule has 3 atom stereocenters. The van der Waals surface area contributed by atoms with Crippen LogP contribution in [0.3, 0.4) is 0 Å². The van der Waals surface area contributed by atoms with Crippen LogP contribution in [0.15, 0.2) is 48.2 Å². The number of carbonyl (C=O) groups is 1. The van der Waals surface area contributed by atoms with Crippen molar-refractivity contribution < 1.29 is 14.6 Å². The van der Waals surface area contributed by atoms with Crippen molar-refractivity contribution in [2.24, 2.45) is 0 Å². The average Bonchev–Trinajstić information content (AvgIpc) is 2.49. The van der Waals surface area contributed by atoms with Gasteiger partial charge >= 0.3 is 0 Å². The number of hydrogen-bond acceptors (Lipinski definition) is 4. The summed E-state index contributed by atoms with van der Waals surface area (Å²) < 4.78 is 5.69. The molecule has 1 heterocycles. The van der Waals surface area contributed by atoms with Crippen molar-refractivity contribution in [1.82, 2.24) is 9.88 Å². The van der Waals surface area contributed by atoms with E-state index in [1.807, 2.05) is 37.3 Å². The van der Waals surface area contributed by atoms with Gasteiger partial charge in [0, 0.05) is 25.9 Å². The van der Waals surface area contributed by atoms with Crippen LogP contribution in [0.25, 0.3) is 0 Å². The predicted molar refractivity (Wildman–Crippen MR) is 84.1 cm³/mol. The maximum absolute atomic E-state index is 12.5. The third-order valence-electron chi connectivity index (χ3n) is 3.75. The van der Waals surface area contributed by atoms with Crippen LogP contribution in [0.5, 0.6) is 0 Å². The van der Waals surface area contributed by atoms with Gasteiger partial charge in [0.1, 0.15) is 6.10 Å². The first-order valence-corrected chi connectivity index (χ1v) is 7.22. The number of amides is 1. The van der Waals surface area contributed by atoms with E-state index < -0.39 is 17.8 Å². The summed E-state index contributed by atoms with van der Waals surface area (Å²) in [6.45, 7) is 3.49. The highest BCUT2D eigenvalue weighted by Crippen LogP contribution is 2.37. The maximum atomic E-state index is 12.5. The van der Waals surface area contributed by atoms with Crippen LogP contribution >= 0.6 is 0 Å². The fourth-order valence-corrected chi connectivity index (χ4v) is 2.60. The lowest BCUT2D eigenvalue weighted by atomic mass is 9.74. The van der Waals surface area contributed by atoms with Crippen molar-refractivity contribution >= 4 is 5.91 Å². The van der Waals surface area contributed by atoms with Gasteiger partial charge in [-0.05, 0) is 26.0 Å². The SMILES string of the molecule is CC(O)OC1C(C(=O)N(C)C)=CC=CC1(C)c1ccccn1. The van der Waals surface area contributed by atoms with Gasteiger partial charge in [0.15, 0.2) is 6.29 Å². The molecule has 0 aromatic carbocycles. The molecule has 3 unspecified atom stereocenters. The number of rotatable bonds is 4. The van der Waals surface area contributed by atoms with E-state index >= 15 is 0 Å². The van der Waals surface area contributed by atoms with E-state index in [0.29, 0.717) is 5.57 Å². The third kappa shape index (κ3) is 3.10. The molecule has 0 radical (unpaired) electrons. The van der Waals surface area contributed by atoms with Crippen LogP contribution in [0, 0.1) is 0 Å². The standard InChI is InChI=1S/C17H22N2O3/c1-12(20)22-15-13(16(21)19(3)4)8-7-10-17(15,2)14-9-5-6-11-18-14/h5-12,15,20H,1-4H3. The van der Waals surface area contributed by atoms with Crippen molar-refractivity contribution in [3.63, 3.8) is 0 Å². The van der Waals surface area contributed by atoms with Crippen molar-refractivity contribution in [3.05, 3.63) is 53.9 Å². The van der Waals surface area contributed by atoms with Crippen LogP contribution in [0.1, 0.15) is 19.5 Å². The Labute approximate surface area is 130 Å². The average molecular weight is 302 g/mol. The number of aliphatic hydroxyl groups excluding tert-OH is 1. The second-order valence-corrected chi connectivity index (χ2v) is 5.79. The highest BCUT2D eigenvalue weighted by molar-refractivity contribution is 5.95. The minimum atomic E-state index is -0.988. The summed E-state index contributed by atoms with van der Waals surface area (Å²) in [5, 5.41) is 9.70. The third-order valence-corrected chi connectivity index (χ3v) is 3.75. The first-order valence-electron chi connectivity index (χ1n) is 7.22. The Balaban J connectivity index is 2.48. The number of ether oxygens (including phenoxy) is 1. The van der Waals surface area contributed by atoms with Gasteiger partial charge in [0.05, 0.1) is 11.1 Å². The van der Waals surface area contributed by atoms with Crippen molar-refractivity contribution in [2.75, 3.05) is 14.1 Å². The predicted octanol–water partition coefficient (Wildman–Crippen LogP) is 1.65. The molecule has 0 fully saturated rings. The van der Waals surface area contributed by atoms with E-state index in [0.717, 1.165) is 5.69 Å². The topological polar surface area (TPSA) is 62.7 Å². The van der Waals surface area contributed by atoms with Crippen molar-refractivity contribution in [3.8, 4) is 0 Å². The molecule has 1 aliphatic carbocycles. The number of pyridine rings is 1. The second kappa shape index (κ2) is 6.42. The minimum Gasteiger partial charge on any atom is -0.368 e. The zero-order chi connectivity index (χ0) is 16.3. The number of carbonyl (C=O) groups excluding carboxylic acids is 1. The molecule has 5 nitrogen and oxygen atoms in total. The van der Waals surface area contributed by atoms with Gasteiger partial charge in [-0.25, -0.2) is 0 Å². The Bertz CT molecular complexity index is 593. The molecular formula is C17H22N2O3. The molecule has 1 amide bonds. The van der Waals surface area contributed by atoms with E-state index in [2.05, 4.69) is 4.98 Å². The Kier molecular flexibility index (Phi) is 4.78. The quantitative estimate of drug-likeness (QED) is 0.859. The number of likely N-dealkylation sites (N-methyl/N-ethyl adjacent to an activating group) is 1. The first-order chi connectivity index (χ1) is 10.4. The lowest BCUT2D eigenvalue weighted by Gasteiger charge is -2.38. The van der Waals surface area contributed by atoms with Crippen LogP contribution in [-0.4, -0.2) is 47.4 Å². The van der Waals surface area contributed by atoms with E-state index in [9.17, 15) is 9.90 Å². The molecule has 1 aromatic heterocycles. The Morgan fingerprint density at radius 1 is 1.45 bits per heavy atom. The summed E-state index contributed by atoms with van der Waals surface area (Å²) in [4.78, 5) is 18.4. The normalized spacial score (nSPS) is 25.5. The Morgan fingerprint density at radius 3 is 2.73 bits per heavy atom. The summed E-state index contributed by atoms with van der Waals surface area (Å²) >= 11 is 0. The summed E-state index contributed by atoms with van der Waals surface area (Å²) in [6.07, 6.45) is 5.64. The monoisotopic (exact) mass is 302 g/mol. The summed E-state index contributed by atoms with van der Waals surface area (Å²) in [7, 11) is 3.39. The molecule has 0 spiro atoms. The van der Waals surface area contributed by atoms with Gasteiger partial charge in [-0.15, -0.1) is 0 Å². The highest BCUT2D eigenvalue weighted by atomic mass is 16.6. The lowest BCUT2D eigenvalue weighted by Crippen LogP contribution is -2.46. The maximum Gasteiger partial charge on any atom is 0.251 e. The van der Waals surface area contributed by atoms with E-state index in [-0.39, 0.29) is 5.91 Å². The molecule has 1 aliphatic rings. The van der Waals surface area contributed by atoms with Gasteiger partial charge in [0.25, 0.3) is 5.91 Å². The summed E-state index contributed by atoms with van der Waals surface area (Å²) in [6, 6.07) is 5.63. The zero-order valence-corrected chi connectivity index (χ0v) is 13.4. The van der Waals surface area contributed by atoms with E-state index in [1.54, 1.807) is 26.4 Å². The number of aromatic nitrogens is 1. The van der Waals surface area contributed by atoms with Crippen LogP contribution < -0.4 is 0 Å². The summed E-state index contributed by atoms with van der Waals surface area (Å²) in [5.41, 5.74) is 0.657. The molecule has 1 aromatic rings. The number of aliphatic hydroxyl groups is 1. The zero-order valence-electron chi connectivity index (χ0n) is 13.4. The van der Waals surface area contributed by atoms with Crippen LogP contribution in [0.2, 0.25) is 0 Å². The molecule has 0 aliphatic heterocycles. The van der Waals surface area contributed by atoms with Crippen molar-refractivity contribution in [2.45, 2.75) is 31.7 Å². The molecular weight excluding hydrogens is 280 g/mol. The fourth-order valence-electron chi connectivity index (χ4n) is 2.60. The molecule has 0 saturated carbocycles. The Morgan fingerprint density at radius 2 is 2.18 bits per heavy atom. The van der Waals surface area contributed by atoms with Gasteiger partial charge in [-0.3, -0.25) is 9.78 Å². The lowest BCUT2D eigenvalue weighted by molar-refractivity contribution is -0.140. The first kappa shape index (κ1) is 16.4. The highest BCUT2D eigenvalue weighted by Gasteiger charge is 2.43. The molecule has 5 heteroatoms. The smallest absolute Gasteiger partial charge is 0.251 e. The number of allylic oxidation sites excluding steroid dienone is 2. The van der Waals surface area contributed by atoms with Gasteiger partial charge in [0.2, 0.25) is 0 Å². The molecule has 22 heavy (non-hydrogen) atoms. The van der Waals surface area contributed by atoms with E-state index in [1.165, 1.54) is 11.8 Å². The number of nitrogens with zero attached hydrogens (tertiary/aromatic N) is 2. The molecule has 0 bridgehead atoms. The van der Waals surface area contributed by atoms with Gasteiger partial charge in [-0.2, -0.15) is 0 Å². The fraction of sp³-hybridized carbons (Fsp3) is 0.412. The molecule has 2 rings (SSSR count). The van der Waals surface area contributed by atoms with E-state index in [4.69, 9.17) is 4.74 Å². The minimum absolute atomic E-state index is 0.142. The molecule has 0 saturated heterocycles. The van der Waals surface area contributed by atoms with Crippen LogP contribution in [-0.2, 0) is 14.9 Å². The van der Waals surface area contributed by atoms with Gasteiger partial charge in [-0.1, -0.05) is 24.3 Å². The van der Waals surface area contributed by atoms with Gasteiger partial charge < -0.3 is 14.7 Å². The summed E-state index contributed by atoms with van der Waals surface area (Å²) in [5.74, 6) is -0.142. The Hall–Kier alpha value is -1.98. The largest absolute Gasteiger partial charge is 0.368 e. The van der Waals surface area contributed by atoms with Crippen LogP contribution in [0.4, 0.5) is 0 Å². The second-order valence-electron chi connectivity index (χ2n) is 5.79. The van der Waals surface area contributed by atoms with Crippen molar-refractivity contribution in [1.29, 1.82) is 0 Å². The number of hydrogen-bond donors (Lipinski definition) is 1.